The number of halogens is 1. The van der Waals surface area contributed by atoms with Crippen LogP contribution in [0.4, 0.5) is 0 Å². The van der Waals surface area contributed by atoms with Crippen LogP contribution in [-0.4, -0.2) is 38.3 Å². The van der Waals surface area contributed by atoms with Gasteiger partial charge in [0.1, 0.15) is 0 Å². The minimum absolute atomic E-state index is 0.114. The standard InChI is InChI=1S/C14H19ClN2O2/c15-12-3-1-2-11(10-12)14(18)17-8-9-19-13-4-6-16-7-5-13/h1-3,10,13,16H,4-9H2,(H,17,18). The SMILES string of the molecule is O=C(NCCOC1CCNCC1)c1cccc(Cl)c1. The number of rotatable bonds is 5. The van der Waals surface area contributed by atoms with Gasteiger partial charge in [0.25, 0.3) is 5.91 Å². The van der Waals surface area contributed by atoms with E-state index in [0.717, 1.165) is 25.9 Å². The second kappa shape index (κ2) is 7.48. The summed E-state index contributed by atoms with van der Waals surface area (Å²) in [7, 11) is 0. The van der Waals surface area contributed by atoms with Gasteiger partial charge in [-0.15, -0.1) is 0 Å². The quantitative estimate of drug-likeness (QED) is 0.810. The lowest BCUT2D eigenvalue weighted by atomic mass is 10.1. The average molecular weight is 283 g/mol. The monoisotopic (exact) mass is 282 g/mol. The van der Waals surface area contributed by atoms with E-state index in [4.69, 9.17) is 16.3 Å². The van der Waals surface area contributed by atoms with Crippen molar-refractivity contribution in [2.75, 3.05) is 26.2 Å². The highest BCUT2D eigenvalue weighted by Crippen LogP contribution is 2.10. The maximum Gasteiger partial charge on any atom is 0.251 e. The molecule has 1 aliphatic rings. The van der Waals surface area contributed by atoms with Crippen LogP contribution in [-0.2, 0) is 4.74 Å². The maximum atomic E-state index is 11.8. The molecule has 0 aliphatic carbocycles. The maximum absolute atomic E-state index is 11.8. The molecule has 19 heavy (non-hydrogen) atoms. The molecule has 4 nitrogen and oxygen atoms in total. The molecule has 0 radical (unpaired) electrons. The van der Waals surface area contributed by atoms with Crippen LogP contribution in [0.15, 0.2) is 24.3 Å². The summed E-state index contributed by atoms with van der Waals surface area (Å²) >= 11 is 5.84. The Morgan fingerprint density at radius 2 is 2.21 bits per heavy atom. The summed E-state index contributed by atoms with van der Waals surface area (Å²) in [5, 5.41) is 6.68. The fourth-order valence-electron chi connectivity index (χ4n) is 2.08. The largest absolute Gasteiger partial charge is 0.376 e. The summed E-state index contributed by atoms with van der Waals surface area (Å²) in [5.41, 5.74) is 0.578. The second-order valence-electron chi connectivity index (χ2n) is 4.59. The molecule has 1 fully saturated rings. The van der Waals surface area contributed by atoms with Crippen molar-refractivity contribution in [3.8, 4) is 0 Å². The summed E-state index contributed by atoms with van der Waals surface area (Å²) in [4.78, 5) is 11.8. The van der Waals surface area contributed by atoms with Gasteiger partial charge in [-0.1, -0.05) is 17.7 Å². The molecule has 5 heteroatoms. The minimum atomic E-state index is -0.114. The van der Waals surface area contributed by atoms with E-state index in [1.807, 2.05) is 0 Å². The van der Waals surface area contributed by atoms with Crippen LogP contribution in [0.5, 0.6) is 0 Å². The van der Waals surface area contributed by atoms with Gasteiger partial charge in [0.2, 0.25) is 0 Å². The highest BCUT2D eigenvalue weighted by atomic mass is 35.5. The van der Waals surface area contributed by atoms with Gasteiger partial charge in [0.15, 0.2) is 0 Å². The molecule has 0 bridgehead atoms. The fraction of sp³-hybridized carbons (Fsp3) is 0.500. The number of amides is 1. The smallest absolute Gasteiger partial charge is 0.251 e. The lowest BCUT2D eigenvalue weighted by Gasteiger charge is -2.22. The van der Waals surface area contributed by atoms with Crippen molar-refractivity contribution in [3.05, 3.63) is 34.9 Å². The summed E-state index contributed by atoms with van der Waals surface area (Å²) in [6.07, 6.45) is 2.41. The molecular formula is C14H19ClN2O2. The van der Waals surface area contributed by atoms with Crippen LogP contribution >= 0.6 is 11.6 Å². The van der Waals surface area contributed by atoms with Gasteiger partial charge in [-0.3, -0.25) is 4.79 Å². The van der Waals surface area contributed by atoms with Gasteiger partial charge in [-0.2, -0.15) is 0 Å². The zero-order valence-corrected chi connectivity index (χ0v) is 11.6. The number of hydrogen-bond acceptors (Lipinski definition) is 3. The van der Waals surface area contributed by atoms with Gasteiger partial charge >= 0.3 is 0 Å². The Balaban J connectivity index is 1.66. The van der Waals surface area contributed by atoms with E-state index in [2.05, 4.69) is 10.6 Å². The molecule has 1 amide bonds. The molecule has 1 saturated heterocycles. The van der Waals surface area contributed by atoms with Crippen molar-refractivity contribution < 1.29 is 9.53 Å². The van der Waals surface area contributed by atoms with Crippen molar-refractivity contribution in [3.63, 3.8) is 0 Å². The third-order valence-electron chi connectivity index (χ3n) is 3.11. The predicted molar refractivity (Wildman–Crippen MR) is 75.6 cm³/mol. The summed E-state index contributed by atoms with van der Waals surface area (Å²) in [5.74, 6) is -0.114. The molecule has 1 aliphatic heterocycles. The number of piperidine rings is 1. The number of hydrogen-bond donors (Lipinski definition) is 2. The number of ether oxygens (including phenoxy) is 1. The molecule has 0 spiro atoms. The van der Waals surface area contributed by atoms with E-state index in [9.17, 15) is 4.79 Å². The molecule has 1 aromatic carbocycles. The summed E-state index contributed by atoms with van der Waals surface area (Å²) in [6, 6.07) is 6.92. The van der Waals surface area contributed by atoms with Gasteiger partial charge in [0, 0.05) is 17.1 Å². The van der Waals surface area contributed by atoms with E-state index >= 15 is 0 Å². The molecule has 0 atom stereocenters. The normalized spacial score (nSPS) is 16.3. The van der Waals surface area contributed by atoms with Crippen LogP contribution in [0.3, 0.4) is 0 Å². The highest BCUT2D eigenvalue weighted by Gasteiger charge is 2.13. The van der Waals surface area contributed by atoms with Crippen LogP contribution in [0.25, 0.3) is 0 Å². The molecule has 1 aromatic rings. The first-order valence-corrected chi connectivity index (χ1v) is 6.99. The molecule has 1 heterocycles. The van der Waals surface area contributed by atoms with Gasteiger partial charge in [-0.05, 0) is 44.1 Å². The molecule has 104 valence electrons. The molecular weight excluding hydrogens is 264 g/mol. The number of carbonyl (C=O) groups is 1. The van der Waals surface area contributed by atoms with Crippen LogP contribution < -0.4 is 10.6 Å². The predicted octanol–water partition coefficient (Wildman–Crippen LogP) is 1.84. The van der Waals surface area contributed by atoms with Crippen LogP contribution in [0.1, 0.15) is 23.2 Å². The Morgan fingerprint density at radius 1 is 1.42 bits per heavy atom. The van der Waals surface area contributed by atoms with Crippen LogP contribution in [0.2, 0.25) is 5.02 Å². The summed E-state index contributed by atoms with van der Waals surface area (Å²) in [6.45, 7) is 3.10. The Labute approximate surface area is 118 Å². The number of carbonyl (C=O) groups excluding carboxylic acids is 1. The second-order valence-corrected chi connectivity index (χ2v) is 5.02. The summed E-state index contributed by atoms with van der Waals surface area (Å²) < 4.78 is 5.71. The van der Waals surface area contributed by atoms with Crippen molar-refractivity contribution in [2.24, 2.45) is 0 Å². The minimum Gasteiger partial charge on any atom is -0.376 e. The van der Waals surface area contributed by atoms with Crippen molar-refractivity contribution in [1.29, 1.82) is 0 Å². The van der Waals surface area contributed by atoms with E-state index in [1.54, 1.807) is 24.3 Å². The zero-order valence-electron chi connectivity index (χ0n) is 10.8. The van der Waals surface area contributed by atoms with E-state index < -0.39 is 0 Å². The molecule has 2 N–H and O–H groups in total. The highest BCUT2D eigenvalue weighted by molar-refractivity contribution is 6.30. The third kappa shape index (κ3) is 4.82. The van der Waals surface area contributed by atoms with Gasteiger partial charge < -0.3 is 15.4 Å². The number of benzene rings is 1. The first-order valence-electron chi connectivity index (χ1n) is 6.62. The van der Waals surface area contributed by atoms with Crippen molar-refractivity contribution >= 4 is 17.5 Å². The Kier molecular flexibility index (Phi) is 5.63. The van der Waals surface area contributed by atoms with E-state index in [-0.39, 0.29) is 5.91 Å². The Hall–Kier alpha value is -1.10. The van der Waals surface area contributed by atoms with Crippen molar-refractivity contribution in [2.45, 2.75) is 18.9 Å². The Morgan fingerprint density at radius 3 is 2.95 bits per heavy atom. The van der Waals surface area contributed by atoms with E-state index in [1.165, 1.54) is 0 Å². The molecule has 2 rings (SSSR count). The average Bonchev–Trinajstić information content (AvgIpc) is 2.44. The topological polar surface area (TPSA) is 50.4 Å². The van der Waals surface area contributed by atoms with Gasteiger partial charge in [0.05, 0.1) is 12.7 Å². The van der Waals surface area contributed by atoms with Gasteiger partial charge in [-0.25, -0.2) is 0 Å². The molecule has 0 saturated carbocycles. The van der Waals surface area contributed by atoms with Crippen molar-refractivity contribution in [1.82, 2.24) is 10.6 Å². The molecule has 0 aromatic heterocycles. The molecule has 0 unspecified atom stereocenters. The number of nitrogens with one attached hydrogen (secondary N) is 2. The lowest BCUT2D eigenvalue weighted by Crippen LogP contribution is -2.34. The first kappa shape index (κ1) is 14.3. The fourth-order valence-corrected chi connectivity index (χ4v) is 2.27. The third-order valence-corrected chi connectivity index (χ3v) is 3.35. The lowest BCUT2D eigenvalue weighted by molar-refractivity contribution is 0.0343. The van der Waals surface area contributed by atoms with Crippen LogP contribution in [0, 0.1) is 0 Å². The Bertz CT molecular complexity index is 420. The zero-order chi connectivity index (χ0) is 13.5. The first-order chi connectivity index (χ1) is 9.25. The van der Waals surface area contributed by atoms with E-state index in [0.29, 0.717) is 29.8 Å².